The molecule has 3 aromatic rings. The Kier molecular flexibility index (Phi) is 13.7. The Morgan fingerprint density at radius 2 is 1.35 bits per heavy atom. The van der Waals surface area contributed by atoms with Gasteiger partial charge in [-0.25, -0.2) is 4.79 Å². The zero-order valence-electron chi connectivity index (χ0n) is 29.8. The van der Waals surface area contributed by atoms with Crippen molar-refractivity contribution in [2.45, 2.75) is 94.3 Å². The fourth-order valence-electron chi connectivity index (χ4n) is 5.65. The monoisotopic (exact) mass is 716 g/mol. The first-order chi connectivity index (χ1) is 24.2. The second-order valence-electron chi connectivity index (χ2n) is 14.0. The highest BCUT2D eigenvalue weighted by atomic mass is 32.2. The fraction of sp³-hybridized carbons (Fsp3) is 0.410. The summed E-state index contributed by atoms with van der Waals surface area (Å²) in [6, 6.07) is 21.6. The Morgan fingerprint density at radius 1 is 0.804 bits per heavy atom. The molecule has 1 heterocycles. The Bertz CT molecular complexity index is 1650. The van der Waals surface area contributed by atoms with E-state index in [0.717, 1.165) is 10.5 Å². The quantitative estimate of drug-likeness (QED) is 0.182. The number of nitrogens with zero attached hydrogens (tertiary/aromatic N) is 1. The molecular weight excluding hydrogens is 669 g/mol. The van der Waals surface area contributed by atoms with Gasteiger partial charge in [0, 0.05) is 30.7 Å². The van der Waals surface area contributed by atoms with E-state index in [2.05, 4.69) is 16.0 Å². The third kappa shape index (κ3) is 12.2. The number of benzene rings is 3. The lowest BCUT2D eigenvalue weighted by atomic mass is 10.00. The van der Waals surface area contributed by atoms with Gasteiger partial charge in [-0.1, -0.05) is 86.3 Å². The molecule has 0 aliphatic carbocycles. The predicted octanol–water partition coefficient (Wildman–Crippen LogP) is 5.01. The van der Waals surface area contributed by atoms with Gasteiger partial charge in [0.1, 0.15) is 34.8 Å². The van der Waals surface area contributed by atoms with Gasteiger partial charge in [0.05, 0.1) is 0 Å². The number of alkyl carbamates (subject to hydrolysis) is 1. The molecule has 0 radical (unpaired) electrons. The average molecular weight is 717 g/mol. The van der Waals surface area contributed by atoms with Gasteiger partial charge in [-0.3, -0.25) is 19.2 Å². The number of aromatic hydroxyl groups is 1. The summed E-state index contributed by atoms with van der Waals surface area (Å²) in [6.45, 7) is 9.18. The number of likely N-dealkylation sites (tertiary alicyclic amines) is 1. The summed E-state index contributed by atoms with van der Waals surface area (Å²) in [5.41, 5.74) is 0.652. The Morgan fingerprint density at radius 3 is 1.96 bits per heavy atom. The number of carbonyl (C=O) groups excluding carboxylic acids is 5. The Balaban J connectivity index is 1.61. The lowest BCUT2D eigenvalue weighted by Gasteiger charge is -2.30. The van der Waals surface area contributed by atoms with Gasteiger partial charge in [-0.05, 0) is 68.5 Å². The number of ketones is 1. The number of rotatable bonds is 14. The minimum Gasteiger partial charge on any atom is -0.508 e. The van der Waals surface area contributed by atoms with Crippen molar-refractivity contribution in [1.82, 2.24) is 20.9 Å². The highest BCUT2D eigenvalue weighted by molar-refractivity contribution is 8.00. The van der Waals surface area contributed by atoms with Crippen molar-refractivity contribution in [3.63, 3.8) is 0 Å². The summed E-state index contributed by atoms with van der Waals surface area (Å²) >= 11 is 1.29. The van der Waals surface area contributed by atoms with E-state index in [9.17, 15) is 29.1 Å². The van der Waals surface area contributed by atoms with E-state index in [1.165, 1.54) is 28.8 Å². The van der Waals surface area contributed by atoms with Crippen LogP contribution in [0.4, 0.5) is 4.79 Å². The fourth-order valence-corrected chi connectivity index (χ4v) is 6.81. The van der Waals surface area contributed by atoms with E-state index >= 15 is 0 Å². The molecule has 0 bridgehead atoms. The summed E-state index contributed by atoms with van der Waals surface area (Å²) < 4.78 is 5.40. The van der Waals surface area contributed by atoms with Crippen LogP contribution in [-0.2, 0) is 36.8 Å². The van der Waals surface area contributed by atoms with E-state index in [-0.39, 0.29) is 49.7 Å². The lowest BCUT2D eigenvalue weighted by molar-refractivity contribution is -0.138. The molecule has 3 aromatic carbocycles. The van der Waals surface area contributed by atoms with Crippen molar-refractivity contribution in [2.24, 2.45) is 5.92 Å². The molecule has 4 atom stereocenters. The van der Waals surface area contributed by atoms with Crippen molar-refractivity contribution in [3.05, 3.63) is 96.1 Å². The van der Waals surface area contributed by atoms with Crippen LogP contribution < -0.4 is 16.0 Å². The molecule has 4 amide bonds. The average Bonchev–Trinajstić information content (AvgIpc) is 3.43. The number of Topliss-reactive ketones (excluding diaryl/α,β-unsaturated/α-hetero) is 1. The third-order valence-corrected chi connectivity index (χ3v) is 9.34. The Hall–Kier alpha value is -4.84. The first-order valence-electron chi connectivity index (χ1n) is 17.2. The topological polar surface area (TPSA) is 154 Å². The maximum atomic E-state index is 14.3. The molecule has 0 saturated carbocycles. The maximum Gasteiger partial charge on any atom is 0.408 e. The maximum absolute atomic E-state index is 14.3. The summed E-state index contributed by atoms with van der Waals surface area (Å²) in [4.78, 5) is 70.4. The summed E-state index contributed by atoms with van der Waals surface area (Å²) in [7, 11) is 0. The van der Waals surface area contributed by atoms with Gasteiger partial charge in [-0.15, -0.1) is 0 Å². The SMILES string of the molecule is CC(C)C[C@H](NC(=O)OC(C)(C)C)C(=O)N[C@@H](Cc1ccc(O)cc1)C(=O)N[C@@H](Cc1ccccc1)C(=O)N1CCC(=O)C1Sc1ccccc1. The van der Waals surface area contributed by atoms with Gasteiger partial charge >= 0.3 is 6.09 Å². The zero-order valence-corrected chi connectivity index (χ0v) is 30.6. The van der Waals surface area contributed by atoms with Crippen LogP contribution in [-0.4, -0.2) is 75.2 Å². The number of carbonyl (C=O) groups is 5. The van der Waals surface area contributed by atoms with E-state index in [1.807, 2.05) is 74.5 Å². The Labute approximate surface area is 303 Å². The molecule has 11 nitrogen and oxygen atoms in total. The third-order valence-electron chi connectivity index (χ3n) is 8.05. The van der Waals surface area contributed by atoms with Crippen LogP contribution in [0.2, 0.25) is 0 Å². The minimum absolute atomic E-state index is 0.0119. The first-order valence-corrected chi connectivity index (χ1v) is 18.0. The second-order valence-corrected chi connectivity index (χ2v) is 15.2. The number of nitrogens with one attached hydrogen (secondary N) is 3. The van der Waals surface area contributed by atoms with E-state index in [0.29, 0.717) is 5.56 Å². The number of phenolic OH excluding ortho intramolecular Hbond substituents is 1. The molecule has 4 N–H and O–H groups in total. The number of amides is 4. The predicted molar refractivity (Wildman–Crippen MR) is 196 cm³/mol. The van der Waals surface area contributed by atoms with Crippen LogP contribution in [0.1, 0.15) is 58.6 Å². The van der Waals surface area contributed by atoms with Crippen molar-refractivity contribution in [3.8, 4) is 5.75 Å². The molecule has 1 unspecified atom stereocenters. The molecule has 1 aliphatic heterocycles. The normalized spacial score (nSPS) is 16.2. The summed E-state index contributed by atoms with van der Waals surface area (Å²) in [5.74, 6) is -1.65. The molecule has 1 aliphatic rings. The number of ether oxygens (including phenoxy) is 1. The van der Waals surface area contributed by atoms with Crippen LogP contribution in [0, 0.1) is 5.92 Å². The van der Waals surface area contributed by atoms with Gasteiger partial charge in [-0.2, -0.15) is 0 Å². The van der Waals surface area contributed by atoms with Gasteiger partial charge in [0.15, 0.2) is 5.78 Å². The molecule has 4 rings (SSSR count). The van der Waals surface area contributed by atoms with Crippen LogP contribution in [0.3, 0.4) is 0 Å². The smallest absolute Gasteiger partial charge is 0.408 e. The van der Waals surface area contributed by atoms with E-state index in [4.69, 9.17) is 4.74 Å². The van der Waals surface area contributed by atoms with Crippen LogP contribution in [0.5, 0.6) is 5.75 Å². The molecule has 1 saturated heterocycles. The van der Waals surface area contributed by atoms with Crippen LogP contribution in [0.25, 0.3) is 0 Å². The van der Waals surface area contributed by atoms with Gasteiger partial charge in [0.25, 0.3) is 0 Å². The molecule has 0 spiro atoms. The van der Waals surface area contributed by atoms with Gasteiger partial charge in [0.2, 0.25) is 17.7 Å². The number of phenols is 1. The molecular formula is C39H48N4O7S. The zero-order chi connectivity index (χ0) is 37.1. The molecule has 0 aromatic heterocycles. The molecule has 12 heteroatoms. The second kappa shape index (κ2) is 17.9. The van der Waals surface area contributed by atoms with E-state index < -0.39 is 52.9 Å². The molecule has 1 fully saturated rings. The van der Waals surface area contributed by atoms with Crippen LogP contribution >= 0.6 is 11.8 Å². The number of hydrogen-bond donors (Lipinski definition) is 4. The first kappa shape index (κ1) is 39.0. The molecule has 51 heavy (non-hydrogen) atoms. The van der Waals surface area contributed by atoms with Crippen molar-refractivity contribution < 1.29 is 33.8 Å². The highest BCUT2D eigenvalue weighted by Crippen LogP contribution is 2.31. The summed E-state index contributed by atoms with van der Waals surface area (Å²) in [6.07, 6.45) is -0.116. The van der Waals surface area contributed by atoms with Crippen molar-refractivity contribution in [2.75, 3.05) is 6.54 Å². The number of hydrogen-bond acceptors (Lipinski definition) is 8. The van der Waals surface area contributed by atoms with Crippen LogP contribution in [0.15, 0.2) is 89.8 Å². The van der Waals surface area contributed by atoms with Gasteiger partial charge < -0.3 is 30.7 Å². The minimum atomic E-state index is -1.17. The van der Waals surface area contributed by atoms with Crippen molar-refractivity contribution in [1.29, 1.82) is 0 Å². The van der Waals surface area contributed by atoms with E-state index in [1.54, 1.807) is 32.9 Å². The summed E-state index contributed by atoms with van der Waals surface area (Å²) in [5, 5.41) is 17.5. The highest BCUT2D eigenvalue weighted by Gasteiger charge is 2.40. The molecule has 272 valence electrons. The van der Waals surface area contributed by atoms with Crippen molar-refractivity contribution >= 4 is 41.4 Å². The standard InChI is InChI=1S/C39H48N4O7S/c1-25(2)22-30(42-38(49)50-39(3,4)5)34(46)40-31(23-27-16-18-28(44)19-17-27)35(47)41-32(24-26-12-8-6-9-13-26)36(48)43-21-20-33(45)37(43)51-29-14-10-7-11-15-29/h6-19,25,30-32,37,44H,20-24H2,1-5H3,(H,40,46)(H,41,47)(H,42,49)/t30-,31-,32-,37?/m0/s1. The lowest BCUT2D eigenvalue weighted by Crippen LogP contribution is -2.58. The number of thioether (sulfide) groups is 1. The largest absolute Gasteiger partial charge is 0.508 e.